The van der Waals surface area contributed by atoms with Crippen LogP contribution in [0, 0.1) is 5.92 Å². The number of benzene rings is 1. The Morgan fingerprint density at radius 3 is 2.76 bits per heavy atom. The molecule has 2 rings (SSSR count). The fourth-order valence-corrected chi connectivity index (χ4v) is 2.62. The highest BCUT2D eigenvalue weighted by Gasteiger charge is 2.36. The summed E-state index contributed by atoms with van der Waals surface area (Å²) >= 11 is 0. The van der Waals surface area contributed by atoms with Gasteiger partial charge < -0.3 is 10.2 Å². The molecule has 0 unspecified atom stereocenters. The van der Waals surface area contributed by atoms with Crippen LogP contribution >= 0.6 is 0 Å². The van der Waals surface area contributed by atoms with E-state index in [1.54, 1.807) is 18.2 Å². The van der Waals surface area contributed by atoms with Crippen molar-refractivity contribution in [2.75, 3.05) is 13.6 Å². The van der Waals surface area contributed by atoms with E-state index in [0.29, 0.717) is 12.0 Å². The Bertz CT molecular complexity index is 419. The third kappa shape index (κ3) is 2.26. The average Bonchev–Trinajstić information content (AvgIpc) is 2.30. The van der Waals surface area contributed by atoms with Crippen LogP contribution in [-0.2, 0) is 4.79 Å². The number of piperidine rings is 1. The molecule has 1 aromatic carbocycles. The van der Waals surface area contributed by atoms with Gasteiger partial charge in [-0.05, 0) is 32.5 Å². The van der Waals surface area contributed by atoms with E-state index in [2.05, 4.69) is 0 Å². The van der Waals surface area contributed by atoms with Gasteiger partial charge in [0.2, 0.25) is 0 Å². The second kappa shape index (κ2) is 4.75. The minimum atomic E-state index is -0.787. The van der Waals surface area contributed by atoms with E-state index in [1.807, 2.05) is 18.0 Å². The molecular formula is C13H17NO3. The summed E-state index contributed by atoms with van der Waals surface area (Å²) < 4.78 is 0. The highest BCUT2D eigenvalue weighted by molar-refractivity contribution is 5.71. The molecule has 0 aliphatic carbocycles. The molecule has 1 fully saturated rings. The molecular weight excluding hydrogens is 218 g/mol. The lowest BCUT2D eigenvalue weighted by atomic mass is 9.84. The summed E-state index contributed by atoms with van der Waals surface area (Å²) in [6.45, 7) is 0.864. The quantitative estimate of drug-likeness (QED) is 0.821. The second-order valence-electron chi connectivity index (χ2n) is 4.57. The topological polar surface area (TPSA) is 60.8 Å². The summed E-state index contributed by atoms with van der Waals surface area (Å²) in [6, 6.07) is 6.75. The Labute approximate surface area is 100 Å². The molecule has 17 heavy (non-hydrogen) atoms. The Kier molecular flexibility index (Phi) is 3.33. The number of phenolic OH excluding ortho intramolecular Hbond substituents is 1. The van der Waals surface area contributed by atoms with Gasteiger partial charge in [0.1, 0.15) is 5.75 Å². The van der Waals surface area contributed by atoms with E-state index in [4.69, 9.17) is 0 Å². The van der Waals surface area contributed by atoms with Gasteiger partial charge in [-0.15, -0.1) is 0 Å². The van der Waals surface area contributed by atoms with E-state index >= 15 is 0 Å². The van der Waals surface area contributed by atoms with Crippen molar-refractivity contribution in [1.82, 2.24) is 4.90 Å². The molecule has 1 aliphatic heterocycles. The Hall–Kier alpha value is -1.55. The molecule has 0 amide bonds. The monoisotopic (exact) mass is 235 g/mol. The summed E-state index contributed by atoms with van der Waals surface area (Å²) in [5.41, 5.74) is 0.710. The summed E-state index contributed by atoms with van der Waals surface area (Å²) in [6.07, 6.45) is 1.55. The first-order valence-corrected chi connectivity index (χ1v) is 5.82. The van der Waals surface area contributed by atoms with Crippen molar-refractivity contribution in [3.8, 4) is 5.75 Å². The molecule has 1 aromatic rings. The zero-order chi connectivity index (χ0) is 12.4. The SMILES string of the molecule is CN1CCC[C@H](C(=O)O)[C@H]1c1ccccc1O. The number of phenols is 1. The standard InChI is InChI=1S/C13H17NO3/c1-14-8-4-6-10(13(16)17)12(14)9-5-2-3-7-11(9)15/h2-3,5,7,10,12,15H,4,6,8H2,1H3,(H,16,17)/t10-,12+/m0/s1. The lowest BCUT2D eigenvalue weighted by Gasteiger charge is -2.37. The maximum absolute atomic E-state index is 11.3. The Balaban J connectivity index is 2.38. The first-order valence-electron chi connectivity index (χ1n) is 5.82. The minimum absolute atomic E-state index is 0.178. The van der Waals surface area contributed by atoms with Crippen LogP contribution in [0.2, 0.25) is 0 Å². The molecule has 0 aromatic heterocycles. The summed E-state index contributed by atoms with van der Waals surface area (Å²) in [7, 11) is 1.91. The van der Waals surface area contributed by atoms with Crippen LogP contribution in [0.5, 0.6) is 5.75 Å². The zero-order valence-corrected chi connectivity index (χ0v) is 9.84. The number of para-hydroxylation sites is 1. The van der Waals surface area contributed by atoms with E-state index in [0.717, 1.165) is 13.0 Å². The van der Waals surface area contributed by atoms with Crippen LogP contribution in [0.3, 0.4) is 0 Å². The maximum Gasteiger partial charge on any atom is 0.308 e. The smallest absolute Gasteiger partial charge is 0.308 e. The molecule has 4 heteroatoms. The van der Waals surface area contributed by atoms with Crippen molar-refractivity contribution >= 4 is 5.97 Å². The zero-order valence-electron chi connectivity index (χ0n) is 9.84. The highest BCUT2D eigenvalue weighted by Crippen LogP contribution is 2.38. The second-order valence-corrected chi connectivity index (χ2v) is 4.57. The number of carboxylic acids is 1. The third-order valence-corrected chi connectivity index (χ3v) is 3.45. The van der Waals surface area contributed by atoms with Gasteiger partial charge >= 0.3 is 5.97 Å². The highest BCUT2D eigenvalue weighted by atomic mass is 16.4. The Morgan fingerprint density at radius 2 is 2.12 bits per heavy atom. The van der Waals surface area contributed by atoms with Crippen LogP contribution in [0.1, 0.15) is 24.4 Å². The van der Waals surface area contributed by atoms with Gasteiger partial charge in [0.15, 0.2) is 0 Å². The van der Waals surface area contributed by atoms with Crippen molar-refractivity contribution in [3.63, 3.8) is 0 Å². The number of likely N-dealkylation sites (tertiary alicyclic amines) is 1. The van der Waals surface area contributed by atoms with Crippen molar-refractivity contribution < 1.29 is 15.0 Å². The van der Waals surface area contributed by atoms with Crippen LogP contribution in [0.4, 0.5) is 0 Å². The van der Waals surface area contributed by atoms with E-state index in [9.17, 15) is 15.0 Å². The molecule has 0 spiro atoms. The first-order chi connectivity index (χ1) is 8.11. The number of rotatable bonds is 2. The third-order valence-electron chi connectivity index (χ3n) is 3.45. The largest absolute Gasteiger partial charge is 0.508 e. The fourth-order valence-electron chi connectivity index (χ4n) is 2.62. The van der Waals surface area contributed by atoms with Gasteiger partial charge in [0.25, 0.3) is 0 Å². The van der Waals surface area contributed by atoms with E-state index < -0.39 is 11.9 Å². The lowest BCUT2D eigenvalue weighted by Crippen LogP contribution is -2.39. The lowest BCUT2D eigenvalue weighted by molar-refractivity contribution is -0.145. The molecule has 1 heterocycles. The first kappa shape index (κ1) is 11.9. The van der Waals surface area contributed by atoms with Gasteiger partial charge in [-0.25, -0.2) is 0 Å². The summed E-state index contributed by atoms with van der Waals surface area (Å²) in [4.78, 5) is 13.3. The van der Waals surface area contributed by atoms with Gasteiger partial charge in [-0.1, -0.05) is 18.2 Å². The van der Waals surface area contributed by atoms with Gasteiger partial charge in [-0.3, -0.25) is 9.69 Å². The van der Waals surface area contributed by atoms with E-state index in [-0.39, 0.29) is 11.8 Å². The summed E-state index contributed by atoms with van der Waals surface area (Å²) in [5, 5.41) is 19.1. The average molecular weight is 235 g/mol. The fraction of sp³-hybridized carbons (Fsp3) is 0.462. The number of hydrogen-bond donors (Lipinski definition) is 2. The molecule has 0 bridgehead atoms. The maximum atomic E-state index is 11.3. The molecule has 0 radical (unpaired) electrons. The molecule has 92 valence electrons. The van der Waals surface area contributed by atoms with Crippen LogP contribution < -0.4 is 0 Å². The van der Waals surface area contributed by atoms with Gasteiger partial charge in [0, 0.05) is 5.56 Å². The minimum Gasteiger partial charge on any atom is -0.508 e. The predicted octanol–water partition coefficient (Wildman–Crippen LogP) is 1.86. The molecule has 2 atom stereocenters. The normalized spacial score (nSPS) is 25.7. The van der Waals surface area contributed by atoms with Crippen molar-refractivity contribution in [1.29, 1.82) is 0 Å². The van der Waals surface area contributed by atoms with Crippen molar-refractivity contribution in [2.45, 2.75) is 18.9 Å². The molecule has 0 saturated carbocycles. The molecule has 1 aliphatic rings. The van der Waals surface area contributed by atoms with Crippen LogP contribution in [-0.4, -0.2) is 34.7 Å². The van der Waals surface area contributed by atoms with Crippen molar-refractivity contribution in [2.24, 2.45) is 5.92 Å². The molecule has 1 saturated heterocycles. The number of carboxylic acid groups (broad SMARTS) is 1. The van der Waals surface area contributed by atoms with Crippen molar-refractivity contribution in [3.05, 3.63) is 29.8 Å². The van der Waals surface area contributed by atoms with Crippen LogP contribution in [0.15, 0.2) is 24.3 Å². The van der Waals surface area contributed by atoms with Crippen LogP contribution in [0.25, 0.3) is 0 Å². The van der Waals surface area contributed by atoms with E-state index in [1.165, 1.54) is 0 Å². The molecule has 4 nitrogen and oxygen atoms in total. The number of aliphatic carboxylic acids is 1. The Morgan fingerprint density at radius 1 is 1.41 bits per heavy atom. The molecule has 2 N–H and O–H groups in total. The summed E-state index contributed by atoms with van der Waals surface area (Å²) in [5.74, 6) is -1.05. The number of aromatic hydroxyl groups is 1. The van der Waals surface area contributed by atoms with Gasteiger partial charge in [0.05, 0.1) is 12.0 Å². The number of nitrogens with zero attached hydrogens (tertiary/aromatic N) is 1. The predicted molar refractivity (Wildman–Crippen MR) is 63.8 cm³/mol. The number of carbonyl (C=O) groups is 1. The van der Waals surface area contributed by atoms with Gasteiger partial charge in [-0.2, -0.15) is 0 Å². The number of hydrogen-bond acceptors (Lipinski definition) is 3.